The molecule has 3 amide bonds. The molecule has 0 spiro atoms. The number of carbonyl (C=O) groups is 3. The quantitative estimate of drug-likeness (QED) is 0.405. The summed E-state index contributed by atoms with van der Waals surface area (Å²) in [7, 11) is -2.12. The number of aromatic nitrogens is 1. The zero-order chi connectivity index (χ0) is 25.3. The maximum Gasteiger partial charge on any atom is 0.271 e. The Morgan fingerprint density at radius 1 is 1.15 bits per heavy atom. The van der Waals surface area contributed by atoms with Crippen LogP contribution in [0.4, 0.5) is 0 Å². The Balaban J connectivity index is 1.58. The summed E-state index contributed by atoms with van der Waals surface area (Å²) in [5, 5.41) is 3.84. The predicted octanol–water partition coefficient (Wildman–Crippen LogP) is 3.49. The van der Waals surface area contributed by atoms with E-state index in [9.17, 15) is 14.4 Å². The van der Waals surface area contributed by atoms with Crippen LogP contribution in [0.25, 0.3) is 11.3 Å². The first kappa shape index (κ1) is 25.6. The molecule has 9 nitrogen and oxygen atoms in total. The second kappa shape index (κ2) is 9.71. The Labute approximate surface area is 200 Å². The molecule has 2 aromatic rings. The van der Waals surface area contributed by atoms with Crippen molar-refractivity contribution in [1.29, 1.82) is 0 Å². The van der Waals surface area contributed by atoms with Crippen LogP contribution in [-0.2, 0) is 14.0 Å². The zero-order valence-electron chi connectivity index (χ0n) is 20.6. The molecule has 1 unspecified atom stereocenters. The van der Waals surface area contributed by atoms with E-state index in [1.165, 1.54) is 0 Å². The third-order valence-electron chi connectivity index (χ3n) is 6.87. The average molecular weight is 487 g/mol. The van der Waals surface area contributed by atoms with Gasteiger partial charge < -0.3 is 14.7 Å². The van der Waals surface area contributed by atoms with Crippen LogP contribution < -0.4 is 16.6 Å². The predicted molar refractivity (Wildman–Crippen MR) is 130 cm³/mol. The highest BCUT2D eigenvalue weighted by Crippen LogP contribution is 2.46. The summed E-state index contributed by atoms with van der Waals surface area (Å²) < 4.78 is 11.5. The van der Waals surface area contributed by atoms with Crippen molar-refractivity contribution < 1.29 is 23.3 Å². The first-order chi connectivity index (χ1) is 15.8. The van der Waals surface area contributed by atoms with E-state index in [-0.39, 0.29) is 28.5 Å². The third-order valence-corrected chi connectivity index (χ3v) is 11.4. The number of nitrogens with one attached hydrogen (secondary N) is 2. The number of benzene rings is 1. The second-order valence-corrected chi connectivity index (χ2v) is 15.1. The van der Waals surface area contributed by atoms with Crippen molar-refractivity contribution in [3.05, 3.63) is 41.6 Å². The number of hydrazine groups is 1. The molecule has 0 bridgehead atoms. The number of primary amides is 1. The molecule has 1 aliphatic carbocycles. The normalized spacial score (nSPS) is 19.1. The SMILES string of the molecule is CC(O[Si](C)(C)C(C)(C)C)C(=O)NNC(=O)C1CC(c2c(C(N)=O)noc2-c2ccccc2)C1. The van der Waals surface area contributed by atoms with Crippen LogP contribution in [0.15, 0.2) is 34.9 Å². The van der Waals surface area contributed by atoms with Gasteiger partial charge in [0.05, 0.1) is 0 Å². The molecular formula is C24H34N4O5Si. The van der Waals surface area contributed by atoms with E-state index in [1.807, 2.05) is 30.3 Å². The van der Waals surface area contributed by atoms with E-state index in [2.05, 4.69) is 49.9 Å². The molecule has 1 aliphatic rings. The fourth-order valence-electron chi connectivity index (χ4n) is 3.72. The van der Waals surface area contributed by atoms with E-state index >= 15 is 0 Å². The summed E-state index contributed by atoms with van der Waals surface area (Å²) in [6, 6.07) is 9.33. The van der Waals surface area contributed by atoms with Crippen molar-refractivity contribution in [1.82, 2.24) is 16.0 Å². The van der Waals surface area contributed by atoms with Gasteiger partial charge in [0, 0.05) is 17.0 Å². The van der Waals surface area contributed by atoms with E-state index < -0.39 is 26.2 Å². The fourth-order valence-corrected chi connectivity index (χ4v) is 5.06. The molecule has 1 heterocycles. The first-order valence-corrected chi connectivity index (χ1v) is 14.3. The fraction of sp³-hybridized carbons (Fsp3) is 0.500. The minimum absolute atomic E-state index is 0.0317. The lowest BCUT2D eigenvalue weighted by Gasteiger charge is -2.38. The van der Waals surface area contributed by atoms with Crippen LogP contribution in [0.2, 0.25) is 18.1 Å². The molecule has 10 heteroatoms. The molecule has 1 aromatic carbocycles. The van der Waals surface area contributed by atoms with Gasteiger partial charge in [0.25, 0.3) is 11.8 Å². The molecule has 4 N–H and O–H groups in total. The minimum atomic E-state index is -2.12. The maximum atomic E-state index is 12.6. The van der Waals surface area contributed by atoms with Crippen LogP contribution >= 0.6 is 0 Å². The van der Waals surface area contributed by atoms with Gasteiger partial charge in [0.15, 0.2) is 19.8 Å². The standard InChI is InChI=1S/C24H34N4O5Si/c1-14(33-34(5,6)24(2,3)4)22(30)26-27-23(31)17-12-16(13-17)18-19(21(25)29)28-32-20(18)15-10-8-7-9-11-15/h7-11,14,16-17H,12-13H2,1-6H3,(H2,25,29)(H,26,30)(H,27,31). The summed E-state index contributed by atoms with van der Waals surface area (Å²) in [5.41, 5.74) is 12.0. The van der Waals surface area contributed by atoms with Crippen LogP contribution in [0, 0.1) is 5.92 Å². The molecule has 34 heavy (non-hydrogen) atoms. The van der Waals surface area contributed by atoms with Gasteiger partial charge in [-0.05, 0) is 43.8 Å². The number of nitrogens with two attached hydrogens (primary N) is 1. The van der Waals surface area contributed by atoms with Gasteiger partial charge in [0.1, 0.15) is 6.10 Å². The average Bonchev–Trinajstić information content (AvgIpc) is 3.15. The van der Waals surface area contributed by atoms with Crippen molar-refractivity contribution >= 4 is 26.0 Å². The zero-order valence-corrected chi connectivity index (χ0v) is 21.6. The Morgan fingerprint density at radius 3 is 2.32 bits per heavy atom. The molecule has 0 saturated heterocycles. The van der Waals surface area contributed by atoms with Crippen molar-refractivity contribution in [2.24, 2.45) is 11.7 Å². The van der Waals surface area contributed by atoms with Crippen LogP contribution in [0.3, 0.4) is 0 Å². The van der Waals surface area contributed by atoms with Crippen LogP contribution in [0.1, 0.15) is 62.5 Å². The smallest absolute Gasteiger partial charge is 0.271 e. The molecule has 0 radical (unpaired) electrons. The van der Waals surface area contributed by atoms with Crippen LogP contribution in [-0.4, -0.2) is 37.3 Å². The minimum Gasteiger partial charge on any atom is -0.405 e. The monoisotopic (exact) mass is 486 g/mol. The highest BCUT2D eigenvalue weighted by Gasteiger charge is 2.42. The van der Waals surface area contributed by atoms with Crippen molar-refractivity contribution in [2.45, 2.75) is 70.7 Å². The Morgan fingerprint density at radius 2 is 1.76 bits per heavy atom. The lowest BCUT2D eigenvalue weighted by atomic mass is 9.70. The number of carbonyl (C=O) groups excluding carboxylic acids is 3. The maximum absolute atomic E-state index is 12.6. The van der Waals surface area contributed by atoms with Gasteiger partial charge in [-0.25, -0.2) is 0 Å². The van der Waals surface area contributed by atoms with Crippen molar-refractivity contribution in [2.75, 3.05) is 0 Å². The molecule has 1 saturated carbocycles. The van der Waals surface area contributed by atoms with Gasteiger partial charge in [-0.1, -0.05) is 56.3 Å². The summed E-state index contributed by atoms with van der Waals surface area (Å²) in [5.74, 6) is -1.28. The number of hydrogen-bond acceptors (Lipinski definition) is 6. The second-order valence-electron chi connectivity index (χ2n) is 10.4. The first-order valence-electron chi connectivity index (χ1n) is 11.4. The Bertz CT molecular complexity index is 1060. The molecule has 1 atom stereocenters. The van der Waals surface area contributed by atoms with E-state index in [4.69, 9.17) is 14.7 Å². The molecular weight excluding hydrogens is 452 g/mol. The number of nitrogens with zero attached hydrogens (tertiary/aromatic N) is 1. The summed E-state index contributed by atoms with van der Waals surface area (Å²) in [4.78, 5) is 36.9. The number of amides is 3. The highest BCUT2D eigenvalue weighted by molar-refractivity contribution is 6.74. The number of hydrogen-bond donors (Lipinski definition) is 3. The molecule has 1 fully saturated rings. The van der Waals surface area contributed by atoms with Gasteiger partial charge in [-0.3, -0.25) is 25.2 Å². The van der Waals surface area contributed by atoms with Gasteiger partial charge in [-0.2, -0.15) is 0 Å². The summed E-state index contributed by atoms with van der Waals surface area (Å²) in [6.45, 7) is 12.1. The topological polar surface area (TPSA) is 137 Å². The Hall–Kier alpha value is -2.98. The van der Waals surface area contributed by atoms with Gasteiger partial charge in [-0.15, -0.1) is 0 Å². The van der Waals surface area contributed by atoms with Crippen molar-refractivity contribution in [3.8, 4) is 11.3 Å². The van der Waals surface area contributed by atoms with Crippen molar-refractivity contribution in [3.63, 3.8) is 0 Å². The lowest BCUT2D eigenvalue weighted by Crippen LogP contribution is -2.53. The third kappa shape index (κ3) is 5.39. The summed E-state index contributed by atoms with van der Waals surface area (Å²) >= 11 is 0. The van der Waals surface area contributed by atoms with Crippen LogP contribution in [0.5, 0.6) is 0 Å². The summed E-state index contributed by atoms with van der Waals surface area (Å²) in [6.07, 6.45) is 0.289. The molecule has 3 rings (SSSR count). The van der Waals surface area contributed by atoms with E-state index in [0.29, 0.717) is 24.2 Å². The highest BCUT2D eigenvalue weighted by atomic mass is 28.4. The molecule has 0 aliphatic heterocycles. The molecule has 184 valence electrons. The van der Waals surface area contributed by atoms with E-state index in [0.717, 1.165) is 5.56 Å². The lowest BCUT2D eigenvalue weighted by molar-refractivity contribution is -0.136. The molecule has 1 aromatic heterocycles. The van der Waals surface area contributed by atoms with E-state index in [1.54, 1.807) is 6.92 Å². The van der Waals surface area contributed by atoms with Gasteiger partial charge >= 0.3 is 0 Å². The van der Waals surface area contributed by atoms with Gasteiger partial charge in [0.2, 0.25) is 5.91 Å². The number of rotatable bonds is 7. The Kier molecular flexibility index (Phi) is 7.32. The largest absolute Gasteiger partial charge is 0.405 e.